The quantitative estimate of drug-likeness (QED) is 0.836. The molecule has 0 spiro atoms. The van der Waals surface area contributed by atoms with Gasteiger partial charge in [0.1, 0.15) is 0 Å². The minimum absolute atomic E-state index is 1.06. The summed E-state index contributed by atoms with van der Waals surface area (Å²) in [7, 11) is 0. The average Bonchev–Trinajstić information content (AvgIpc) is 2.75. The largest absolute Gasteiger partial charge is 0.383 e. The Morgan fingerprint density at radius 2 is 1.75 bits per heavy atom. The van der Waals surface area contributed by atoms with Crippen molar-refractivity contribution in [3.63, 3.8) is 0 Å². The van der Waals surface area contributed by atoms with Gasteiger partial charge in [0.05, 0.1) is 0 Å². The van der Waals surface area contributed by atoms with Crippen LogP contribution in [0.25, 0.3) is 0 Å². The fraction of sp³-hybridized carbons (Fsp3) is 0.571. The number of likely N-dealkylation sites (tertiary alicyclic amines) is 1. The molecule has 1 aromatic rings. The van der Waals surface area contributed by atoms with E-state index in [1.807, 2.05) is 0 Å². The molecule has 2 rings (SSSR count). The lowest BCUT2D eigenvalue weighted by Gasteiger charge is -2.17. The summed E-state index contributed by atoms with van der Waals surface area (Å²) in [6.07, 6.45) is 2.76. The standard InChI is InChI=1S/C14H22N2/c1-12-6-5-7-13(2)14(12)15-8-11-16-9-3-4-10-16/h5-7,15H,3-4,8-11H2,1-2H3. The highest BCUT2D eigenvalue weighted by Crippen LogP contribution is 2.19. The van der Waals surface area contributed by atoms with Crippen molar-refractivity contribution >= 4 is 5.69 Å². The van der Waals surface area contributed by atoms with Crippen LogP contribution in [-0.4, -0.2) is 31.1 Å². The lowest BCUT2D eigenvalue weighted by atomic mass is 10.1. The molecule has 1 aromatic carbocycles. The van der Waals surface area contributed by atoms with Gasteiger partial charge < -0.3 is 10.2 Å². The SMILES string of the molecule is Cc1cccc(C)c1NCCN1CCCC1. The van der Waals surface area contributed by atoms with E-state index in [1.54, 1.807) is 0 Å². The Kier molecular flexibility index (Phi) is 3.83. The molecule has 2 heteroatoms. The number of aryl methyl sites for hydroxylation is 2. The van der Waals surface area contributed by atoms with Crippen molar-refractivity contribution in [2.24, 2.45) is 0 Å². The predicted octanol–water partition coefficient (Wildman–Crippen LogP) is 2.81. The van der Waals surface area contributed by atoms with Crippen molar-refractivity contribution < 1.29 is 0 Å². The minimum atomic E-state index is 1.06. The van der Waals surface area contributed by atoms with Crippen LogP contribution in [0.2, 0.25) is 0 Å². The maximum Gasteiger partial charge on any atom is 0.0400 e. The number of rotatable bonds is 4. The predicted molar refractivity (Wildman–Crippen MR) is 70.1 cm³/mol. The summed E-state index contributed by atoms with van der Waals surface area (Å²) in [6, 6.07) is 6.46. The zero-order chi connectivity index (χ0) is 11.4. The number of anilines is 1. The third-order valence-corrected chi connectivity index (χ3v) is 3.41. The van der Waals surface area contributed by atoms with Crippen LogP contribution >= 0.6 is 0 Å². The molecule has 0 bridgehead atoms. The molecule has 1 aliphatic heterocycles. The second-order valence-corrected chi connectivity index (χ2v) is 4.74. The Morgan fingerprint density at radius 3 is 2.38 bits per heavy atom. The van der Waals surface area contributed by atoms with E-state index in [-0.39, 0.29) is 0 Å². The first-order valence-corrected chi connectivity index (χ1v) is 6.30. The molecule has 2 nitrogen and oxygen atoms in total. The molecule has 0 amide bonds. The number of hydrogen-bond acceptors (Lipinski definition) is 2. The number of benzene rings is 1. The summed E-state index contributed by atoms with van der Waals surface area (Å²) in [6.45, 7) is 9.15. The highest BCUT2D eigenvalue weighted by molar-refractivity contribution is 5.56. The summed E-state index contributed by atoms with van der Waals surface area (Å²) < 4.78 is 0. The Labute approximate surface area is 98.7 Å². The van der Waals surface area contributed by atoms with E-state index < -0.39 is 0 Å². The van der Waals surface area contributed by atoms with Gasteiger partial charge in [0.25, 0.3) is 0 Å². The fourth-order valence-electron chi connectivity index (χ4n) is 2.44. The van der Waals surface area contributed by atoms with Crippen LogP contribution in [0.4, 0.5) is 5.69 Å². The third kappa shape index (κ3) is 2.76. The topological polar surface area (TPSA) is 15.3 Å². The third-order valence-electron chi connectivity index (χ3n) is 3.41. The molecule has 1 N–H and O–H groups in total. The van der Waals surface area contributed by atoms with Gasteiger partial charge in [0, 0.05) is 18.8 Å². The lowest BCUT2D eigenvalue weighted by molar-refractivity contribution is 0.352. The van der Waals surface area contributed by atoms with E-state index in [9.17, 15) is 0 Å². The van der Waals surface area contributed by atoms with E-state index in [0.717, 1.165) is 6.54 Å². The van der Waals surface area contributed by atoms with Gasteiger partial charge in [0.2, 0.25) is 0 Å². The van der Waals surface area contributed by atoms with E-state index in [1.165, 1.54) is 49.3 Å². The van der Waals surface area contributed by atoms with Gasteiger partial charge in [-0.2, -0.15) is 0 Å². The van der Waals surface area contributed by atoms with Gasteiger partial charge in [-0.05, 0) is 50.9 Å². The first kappa shape index (κ1) is 11.5. The molecule has 0 radical (unpaired) electrons. The van der Waals surface area contributed by atoms with Crippen LogP contribution in [0.5, 0.6) is 0 Å². The number of nitrogens with zero attached hydrogens (tertiary/aromatic N) is 1. The monoisotopic (exact) mass is 218 g/mol. The summed E-state index contributed by atoms with van der Waals surface area (Å²) in [4.78, 5) is 2.54. The number of hydrogen-bond donors (Lipinski definition) is 1. The molecule has 1 aliphatic rings. The molecule has 1 fully saturated rings. The molecular weight excluding hydrogens is 196 g/mol. The molecule has 0 saturated carbocycles. The zero-order valence-electron chi connectivity index (χ0n) is 10.4. The molecule has 0 aromatic heterocycles. The molecule has 88 valence electrons. The highest BCUT2D eigenvalue weighted by Gasteiger charge is 2.10. The van der Waals surface area contributed by atoms with Crippen LogP contribution in [0.1, 0.15) is 24.0 Å². The van der Waals surface area contributed by atoms with Crippen LogP contribution in [0.3, 0.4) is 0 Å². The Morgan fingerprint density at radius 1 is 1.12 bits per heavy atom. The van der Waals surface area contributed by atoms with E-state index in [4.69, 9.17) is 0 Å². The van der Waals surface area contributed by atoms with Crippen LogP contribution in [-0.2, 0) is 0 Å². The van der Waals surface area contributed by atoms with Gasteiger partial charge in [-0.15, -0.1) is 0 Å². The van der Waals surface area contributed by atoms with Gasteiger partial charge in [-0.1, -0.05) is 18.2 Å². The first-order valence-electron chi connectivity index (χ1n) is 6.30. The van der Waals surface area contributed by atoms with E-state index >= 15 is 0 Å². The van der Waals surface area contributed by atoms with Crippen molar-refractivity contribution in [2.45, 2.75) is 26.7 Å². The molecule has 1 heterocycles. The molecule has 0 atom stereocenters. The Balaban J connectivity index is 1.84. The van der Waals surface area contributed by atoms with Crippen LogP contribution < -0.4 is 5.32 Å². The summed E-state index contributed by atoms with van der Waals surface area (Å²) in [5, 5.41) is 3.57. The summed E-state index contributed by atoms with van der Waals surface area (Å²) in [5.41, 5.74) is 4.02. The molecule has 1 saturated heterocycles. The van der Waals surface area contributed by atoms with Crippen molar-refractivity contribution in [2.75, 3.05) is 31.5 Å². The number of nitrogens with one attached hydrogen (secondary N) is 1. The molecule has 0 aliphatic carbocycles. The van der Waals surface area contributed by atoms with Crippen molar-refractivity contribution in [1.29, 1.82) is 0 Å². The van der Waals surface area contributed by atoms with Gasteiger partial charge in [-0.25, -0.2) is 0 Å². The van der Waals surface area contributed by atoms with Crippen molar-refractivity contribution in [3.8, 4) is 0 Å². The second-order valence-electron chi connectivity index (χ2n) is 4.74. The molecular formula is C14H22N2. The van der Waals surface area contributed by atoms with Crippen LogP contribution in [0, 0.1) is 13.8 Å². The van der Waals surface area contributed by atoms with Gasteiger partial charge in [0.15, 0.2) is 0 Å². The van der Waals surface area contributed by atoms with Crippen molar-refractivity contribution in [3.05, 3.63) is 29.3 Å². The summed E-state index contributed by atoms with van der Waals surface area (Å²) in [5.74, 6) is 0. The lowest BCUT2D eigenvalue weighted by Crippen LogP contribution is -2.26. The van der Waals surface area contributed by atoms with Gasteiger partial charge >= 0.3 is 0 Å². The van der Waals surface area contributed by atoms with Crippen molar-refractivity contribution in [1.82, 2.24) is 4.90 Å². The molecule has 0 unspecified atom stereocenters. The van der Waals surface area contributed by atoms with E-state index in [0.29, 0.717) is 0 Å². The average molecular weight is 218 g/mol. The summed E-state index contributed by atoms with van der Waals surface area (Å²) >= 11 is 0. The maximum atomic E-state index is 3.57. The maximum absolute atomic E-state index is 3.57. The Bertz CT molecular complexity index is 320. The first-order chi connectivity index (χ1) is 7.77. The minimum Gasteiger partial charge on any atom is -0.383 e. The second kappa shape index (κ2) is 5.35. The smallest absolute Gasteiger partial charge is 0.0400 e. The zero-order valence-corrected chi connectivity index (χ0v) is 10.4. The van der Waals surface area contributed by atoms with E-state index in [2.05, 4.69) is 42.3 Å². The Hall–Kier alpha value is -1.02. The highest BCUT2D eigenvalue weighted by atomic mass is 15.1. The fourth-order valence-corrected chi connectivity index (χ4v) is 2.44. The number of para-hydroxylation sites is 1. The normalized spacial score (nSPS) is 16.6. The van der Waals surface area contributed by atoms with Gasteiger partial charge in [-0.3, -0.25) is 0 Å². The molecule has 16 heavy (non-hydrogen) atoms. The van der Waals surface area contributed by atoms with Crippen LogP contribution in [0.15, 0.2) is 18.2 Å².